The van der Waals surface area contributed by atoms with E-state index in [0.29, 0.717) is 12.4 Å². The van der Waals surface area contributed by atoms with Gasteiger partial charge in [-0.15, -0.1) is 0 Å². The van der Waals surface area contributed by atoms with E-state index >= 15 is 0 Å². The molecule has 0 radical (unpaired) electrons. The van der Waals surface area contributed by atoms with Crippen molar-refractivity contribution in [2.75, 3.05) is 19.0 Å². The van der Waals surface area contributed by atoms with E-state index in [1.807, 2.05) is 14.1 Å². The van der Waals surface area contributed by atoms with Gasteiger partial charge in [0.05, 0.1) is 6.54 Å². The highest BCUT2D eigenvalue weighted by molar-refractivity contribution is 5.45. The zero-order chi connectivity index (χ0) is 12.1. The molecule has 0 saturated carbocycles. The summed E-state index contributed by atoms with van der Waals surface area (Å²) in [7, 11) is 4.06. The van der Waals surface area contributed by atoms with E-state index in [9.17, 15) is 0 Å². The Balaban J connectivity index is 1.83. The van der Waals surface area contributed by atoms with Crippen LogP contribution < -0.4 is 10.2 Å². The molecule has 2 aromatic rings. The van der Waals surface area contributed by atoms with Gasteiger partial charge in [-0.3, -0.25) is 0 Å². The fourth-order valence-electron chi connectivity index (χ4n) is 1.50. The molecule has 1 heterocycles. The SMILES string of the molecule is CN(C)c1ccc(CNCc2ncon2)cc1. The van der Waals surface area contributed by atoms with Crippen LogP contribution in [0.3, 0.4) is 0 Å². The maximum Gasteiger partial charge on any atom is 0.213 e. The molecule has 2 rings (SSSR count). The van der Waals surface area contributed by atoms with Crippen LogP contribution in [-0.2, 0) is 13.1 Å². The van der Waals surface area contributed by atoms with Gasteiger partial charge in [-0.2, -0.15) is 4.98 Å². The molecule has 17 heavy (non-hydrogen) atoms. The van der Waals surface area contributed by atoms with Gasteiger partial charge < -0.3 is 14.7 Å². The minimum atomic E-state index is 0.617. The first-order chi connectivity index (χ1) is 8.25. The molecular formula is C12H16N4O. The molecular weight excluding hydrogens is 216 g/mol. The van der Waals surface area contributed by atoms with Crippen LogP contribution >= 0.6 is 0 Å². The van der Waals surface area contributed by atoms with Crippen LogP contribution in [0.5, 0.6) is 0 Å². The molecule has 0 atom stereocenters. The van der Waals surface area contributed by atoms with Crippen LogP contribution in [0, 0.1) is 0 Å². The van der Waals surface area contributed by atoms with Gasteiger partial charge in [0, 0.05) is 26.3 Å². The minimum Gasteiger partial charge on any atom is -0.378 e. The predicted octanol–water partition coefficient (Wildman–Crippen LogP) is 1.43. The average molecular weight is 232 g/mol. The molecule has 0 spiro atoms. The lowest BCUT2D eigenvalue weighted by Crippen LogP contribution is -2.14. The van der Waals surface area contributed by atoms with Gasteiger partial charge in [0.15, 0.2) is 5.82 Å². The van der Waals surface area contributed by atoms with Crippen molar-refractivity contribution in [3.8, 4) is 0 Å². The minimum absolute atomic E-state index is 0.617. The lowest BCUT2D eigenvalue weighted by Gasteiger charge is -2.12. The molecule has 5 heteroatoms. The first-order valence-corrected chi connectivity index (χ1v) is 5.48. The molecule has 1 aromatic carbocycles. The van der Waals surface area contributed by atoms with E-state index in [4.69, 9.17) is 0 Å². The molecule has 90 valence electrons. The van der Waals surface area contributed by atoms with E-state index in [-0.39, 0.29) is 0 Å². The Hall–Kier alpha value is -1.88. The largest absolute Gasteiger partial charge is 0.378 e. The number of nitrogens with zero attached hydrogens (tertiary/aromatic N) is 3. The normalized spacial score (nSPS) is 10.5. The Kier molecular flexibility index (Phi) is 3.72. The summed E-state index contributed by atoms with van der Waals surface area (Å²) in [4.78, 5) is 6.02. The molecule has 0 aliphatic rings. The van der Waals surface area contributed by atoms with Crippen molar-refractivity contribution in [1.29, 1.82) is 0 Å². The number of benzene rings is 1. The van der Waals surface area contributed by atoms with Crippen LogP contribution in [0.2, 0.25) is 0 Å². The second kappa shape index (κ2) is 5.45. The molecule has 0 bridgehead atoms. The number of anilines is 1. The van der Waals surface area contributed by atoms with Crippen LogP contribution in [0.15, 0.2) is 35.2 Å². The Morgan fingerprint density at radius 3 is 2.53 bits per heavy atom. The first-order valence-electron chi connectivity index (χ1n) is 5.48. The maximum atomic E-state index is 4.65. The number of hydrogen-bond acceptors (Lipinski definition) is 5. The third kappa shape index (κ3) is 3.29. The average Bonchev–Trinajstić information content (AvgIpc) is 2.83. The van der Waals surface area contributed by atoms with E-state index in [1.54, 1.807) is 0 Å². The maximum absolute atomic E-state index is 4.65. The lowest BCUT2D eigenvalue weighted by atomic mass is 10.2. The smallest absolute Gasteiger partial charge is 0.213 e. The van der Waals surface area contributed by atoms with E-state index in [2.05, 4.69) is 49.1 Å². The quantitative estimate of drug-likeness (QED) is 0.845. The highest BCUT2D eigenvalue weighted by Crippen LogP contribution is 2.11. The summed E-state index contributed by atoms with van der Waals surface area (Å²) in [6.07, 6.45) is 1.34. The molecule has 1 aromatic heterocycles. The number of nitrogens with one attached hydrogen (secondary N) is 1. The summed E-state index contributed by atoms with van der Waals surface area (Å²) in [6, 6.07) is 8.42. The van der Waals surface area contributed by atoms with Gasteiger partial charge in [0.1, 0.15) is 0 Å². The van der Waals surface area contributed by atoms with Gasteiger partial charge in [-0.05, 0) is 17.7 Å². The third-order valence-electron chi connectivity index (χ3n) is 2.47. The fourth-order valence-corrected chi connectivity index (χ4v) is 1.50. The standard InChI is InChI=1S/C12H16N4O/c1-16(2)11-5-3-10(4-6-11)7-13-8-12-14-9-17-15-12/h3-6,9,13H,7-8H2,1-2H3. The van der Waals surface area contributed by atoms with Crippen molar-refractivity contribution in [1.82, 2.24) is 15.5 Å². The van der Waals surface area contributed by atoms with Crippen molar-refractivity contribution in [2.24, 2.45) is 0 Å². The Morgan fingerprint density at radius 1 is 1.18 bits per heavy atom. The van der Waals surface area contributed by atoms with Crippen molar-refractivity contribution in [2.45, 2.75) is 13.1 Å². The molecule has 1 N–H and O–H groups in total. The molecule has 0 aliphatic heterocycles. The van der Waals surface area contributed by atoms with Crippen molar-refractivity contribution in [3.05, 3.63) is 42.0 Å². The molecule has 0 unspecified atom stereocenters. The highest BCUT2D eigenvalue weighted by Gasteiger charge is 1.99. The van der Waals surface area contributed by atoms with Crippen molar-refractivity contribution >= 4 is 5.69 Å². The van der Waals surface area contributed by atoms with Gasteiger partial charge in [0.2, 0.25) is 6.39 Å². The molecule has 5 nitrogen and oxygen atoms in total. The molecule has 0 fully saturated rings. The third-order valence-corrected chi connectivity index (χ3v) is 2.47. The van der Waals surface area contributed by atoms with E-state index < -0.39 is 0 Å². The first kappa shape index (κ1) is 11.6. The summed E-state index contributed by atoms with van der Waals surface area (Å²) in [5, 5.41) is 6.98. The summed E-state index contributed by atoms with van der Waals surface area (Å²) in [5.41, 5.74) is 2.44. The second-order valence-corrected chi connectivity index (χ2v) is 4.01. The summed E-state index contributed by atoms with van der Waals surface area (Å²) in [5.74, 6) is 0.676. The lowest BCUT2D eigenvalue weighted by molar-refractivity contribution is 0.407. The number of hydrogen-bond donors (Lipinski definition) is 1. The van der Waals surface area contributed by atoms with E-state index in [0.717, 1.165) is 6.54 Å². The van der Waals surface area contributed by atoms with Gasteiger partial charge in [-0.25, -0.2) is 0 Å². The van der Waals surface area contributed by atoms with E-state index in [1.165, 1.54) is 17.6 Å². The highest BCUT2D eigenvalue weighted by atomic mass is 16.5. The Morgan fingerprint density at radius 2 is 1.94 bits per heavy atom. The number of aromatic nitrogens is 2. The molecule has 0 aliphatic carbocycles. The summed E-state index contributed by atoms with van der Waals surface area (Å²) in [6.45, 7) is 1.41. The van der Waals surface area contributed by atoms with Gasteiger partial charge in [-0.1, -0.05) is 17.3 Å². The zero-order valence-electron chi connectivity index (χ0n) is 10.1. The van der Waals surface area contributed by atoms with Gasteiger partial charge >= 0.3 is 0 Å². The van der Waals surface area contributed by atoms with Crippen LogP contribution in [0.25, 0.3) is 0 Å². The zero-order valence-corrected chi connectivity index (χ0v) is 10.1. The monoisotopic (exact) mass is 232 g/mol. The Labute approximate surface area is 100 Å². The molecule has 0 amide bonds. The molecule has 0 saturated heterocycles. The van der Waals surface area contributed by atoms with Crippen LogP contribution in [0.4, 0.5) is 5.69 Å². The van der Waals surface area contributed by atoms with Crippen molar-refractivity contribution < 1.29 is 4.52 Å². The summed E-state index contributed by atoms with van der Waals surface area (Å²) >= 11 is 0. The van der Waals surface area contributed by atoms with Crippen LogP contribution in [0.1, 0.15) is 11.4 Å². The topological polar surface area (TPSA) is 54.2 Å². The predicted molar refractivity (Wildman–Crippen MR) is 65.6 cm³/mol. The number of rotatable bonds is 5. The van der Waals surface area contributed by atoms with Crippen LogP contribution in [-0.4, -0.2) is 24.2 Å². The second-order valence-electron chi connectivity index (χ2n) is 4.01. The van der Waals surface area contributed by atoms with Crippen molar-refractivity contribution in [3.63, 3.8) is 0 Å². The van der Waals surface area contributed by atoms with Gasteiger partial charge in [0.25, 0.3) is 0 Å². The summed E-state index contributed by atoms with van der Waals surface area (Å²) < 4.78 is 4.65. The fraction of sp³-hybridized carbons (Fsp3) is 0.333. The Bertz CT molecular complexity index is 436.